The summed E-state index contributed by atoms with van der Waals surface area (Å²) in [4.78, 5) is 13.3. The number of phenolic OH excluding ortho intramolecular Hbond substituents is 1. The van der Waals surface area contributed by atoms with E-state index in [0.29, 0.717) is 11.3 Å². The summed E-state index contributed by atoms with van der Waals surface area (Å²) in [5.74, 6) is 1.02. The Morgan fingerprint density at radius 2 is 1.82 bits per heavy atom. The molecule has 0 spiro atoms. The zero-order chi connectivity index (χ0) is 19.8. The largest absolute Gasteiger partial charge is 0.504 e. The van der Waals surface area contributed by atoms with Gasteiger partial charge in [0.05, 0.1) is 12.8 Å². The Labute approximate surface area is 168 Å². The van der Waals surface area contributed by atoms with Gasteiger partial charge in [0.25, 0.3) is 0 Å². The van der Waals surface area contributed by atoms with Crippen LogP contribution < -0.4 is 10.1 Å². The molecule has 0 atom stereocenters. The Balaban J connectivity index is 1.64. The van der Waals surface area contributed by atoms with Crippen molar-refractivity contribution in [2.45, 2.75) is 10.6 Å². The smallest absolute Gasteiger partial charge is 0.248 e. The van der Waals surface area contributed by atoms with E-state index in [1.54, 1.807) is 36.0 Å². The maximum Gasteiger partial charge on any atom is 0.248 e. The normalized spacial score (nSPS) is 10.8. The number of para-hydroxylation sites is 1. The van der Waals surface area contributed by atoms with Gasteiger partial charge in [-0.15, -0.1) is 11.8 Å². The van der Waals surface area contributed by atoms with Gasteiger partial charge in [0, 0.05) is 16.7 Å². The van der Waals surface area contributed by atoms with Crippen LogP contribution in [0, 0.1) is 0 Å². The number of carbonyl (C=O) groups excluding carboxylic acids is 1. The Morgan fingerprint density at radius 3 is 2.57 bits per heavy atom. The van der Waals surface area contributed by atoms with Crippen molar-refractivity contribution < 1.29 is 14.6 Å². The molecule has 28 heavy (non-hydrogen) atoms. The van der Waals surface area contributed by atoms with Crippen LogP contribution in [-0.4, -0.2) is 18.1 Å². The number of thioether (sulfide) groups is 1. The standard InChI is InChI=1S/C23H21NO3S/c1-27-21-13-11-17(15-20(21)25)12-14-23(26)24-19-9-5-6-10-22(19)28-16-18-7-3-2-4-8-18/h2-15,25H,16H2,1H3,(H,24,26)/b14-12+. The maximum atomic E-state index is 12.3. The number of aromatic hydroxyl groups is 1. The predicted octanol–water partition coefficient (Wildman–Crippen LogP) is 5.35. The van der Waals surface area contributed by atoms with E-state index in [2.05, 4.69) is 17.4 Å². The Morgan fingerprint density at radius 1 is 1.07 bits per heavy atom. The van der Waals surface area contributed by atoms with Crippen molar-refractivity contribution in [3.8, 4) is 11.5 Å². The third kappa shape index (κ3) is 5.41. The first-order valence-corrected chi connectivity index (χ1v) is 9.76. The van der Waals surface area contributed by atoms with Gasteiger partial charge in [-0.2, -0.15) is 0 Å². The number of anilines is 1. The summed E-state index contributed by atoms with van der Waals surface area (Å²) in [6, 6.07) is 22.9. The zero-order valence-electron chi connectivity index (χ0n) is 15.5. The lowest BCUT2D eigenvalue weighted by Gasteiger charge is -2.09. The number of rotatable bonds is 7. The molecule has 0 aliphatic carbocycles. The number of phenols is 1. The minimum Gasteiger partial charge on any atom is -0.504 e. The van der Waals surface area contributed by atoms with E-state index in [0.717, 1.165) is 16.3 Å². The van der Waals surface area contributed by atoms with Gasteiger partial charge >= 0.3 is 0 Å². The lowest BCUT2D eigenvalue weighted by atomic mass is 10.2. The number of carbonyl (C=O) groups is 1. The summed E-state index contributed by atoms with van der Waals surface area (Å²) in [5, 5.41) is 12.7. The van der Waals surface area contributed by atoms with E-state index >= 15 is 0 Å². The van der Waals surface area contributed by atoms with Crippen LogP contribution in [0.15, 0.2) is 83.8 Å². The van der Waals surface area contributed by atoms with Crippen molar-refractivity contribution in [3.05, 3.63) is 90.0 Å². The summed E-state index contributed by atoms with van der Waals surface area (Å²) in [6.45, 7) is 0. The van der Waals surface area contributed by atoms with Crippen LogP contribution in [0.25, 0.3) is 6.08 Å². The second-order valence-corrected chi connectivity index (χ2v) is 7.04. The van der Waals surface area contributed by atoms with Crippen LogP contribution in [0.4, 0.5) is 5.69 Å². The van der Waals surface area contributed by atoms with Crippen LogP contribution in [0.2, 0.25) is 0 Å². The Hall–Kier alpha value is -3.18. The van der Waals surface area contributed by atoms with Crippen molar-refractivity contribution in [3.63, 3.8) is 0 Å². The van der Waals surface area contributed by atoms with Gasteiger partial charge in [-0.3, -0.25) is 4.79 Å². The molecule has 0 saturated carbocycles. The summed E-state index contributed by atoms with van der Waals surface area (Å²) in [7, 11) is 1.49. The highest BCUT2D eigenvalue weighted by Gasteiger charge is 2.06. The highest BCUT2D eigenvalue weighted by molar-refractivity contribution is 7.98. The third-order valence-corrected chi connectivity index (χ3v) is 5.16. The second kappa shape index (κ2) is 9.67. The number of amides is 1. The number of nitrogens with one attached hydrogen (secondary N) is 1. The van der Waals surface area contributed by atoms with Crippen LogP contribution >= 0.6 is 11.8 Å². The molecule has 0 fully saturated rings. The Bertz CT molecular complexity index is 971. The van der Waals surface area contributed by atoms with Crippen molar-refractivity contribution in [2.24, 2.45) is 0 Å². The monoisotopic (exact) mass is 391 g/mol. The number of benzene rings is 3. The maximum absolute atomic E-state index is 12.3. The van der Waals surface area contributed by atoms with Gasteiger partial charge in [0.15, 0.2) is 11.5 Å². The minimum atomic E-state index is -0.233. The van der Waals surface area contributed by atoms with Gasteiger partial charge in [0.1, 0.15) is 0 Å². The SMILES string of the molecule is COc1ccc(/C=C/C(=O)Nc2ccccc2SCc2ccccc2)cc1O. The fourth-order valence-electron chi connectivity index (χ4n) is 2.59. The lowest BCUT2D eigenvalue weighted by Crippen LogP contribution is -2.08. The highest BCUT2D eigenvalue weighted by atomic mass is 32.2. The average molecular weight is 391 g/mol. The number of hydrogen-bond donors (Lipinski definition) is 2. The van der Waals surface area contributed by atoms with E-state index in [4.69, 9.17) is 4.74 Å². The lowest BCUT2D eigenvalue weighted by molar-refractivity contribution is -0.111. The molecule has 0 aromatic heterocycles. The van der Waals surface area contributed by atoms with Crippen molar-refractivity contribution in [1.82, 2.24) is 0 Å². The molecule has 4 nitrogen and oxygen atoms in total. The fraction of sp³-hybridized carbons (Fsp3) is 0.0870. The molecule has 0 aliphatic heterocycles. The van der Waals surface area contributed by atoms with E-state index in [1.165, 1.54) is 18.7 Å². The van der Waals surface area contributed by atoms with Gasteiger partial charge in [0.2, 0.25) is 5.91 Å². The number of hydrogen-bond acceptors (Lipinski definition) is 4. The molecule has 142 valence electrons. The molecule has 0 aliphatic rings. The summed E-state index contributed by atoms with van der Waals surface area (Å²) in [5.41, 5.74) is 2.71. The molecule has 0 saturated heterocycles. The van der Waals surface area contributed by atoms with E-state index in [1.807, 2.05) is 42.5 Å². The Kier molecular flexibility index (Phi) is 6.76. The topological polar surface area (TPSA) is 58.6 Å². The number of ether oxygens (including phenoxy) is 1. The van der Waals surface area contributed by atoms with Crippen LogP contribution in [0.3, 0.4) is 0 Å². The molecule has 3 aromatic rings. The highest BCUT2D eigenvalue weighted by Crippen LogP contribution is 2.30. The van der Waals surface area contributed by atoms with E-state index < -0.39 is 0 Å². The first-order chi connectivity index (χ1) is 13.7. The molecule has 0 unspecified atom stereocenters. The van der Waals surface area contributed by atoms with Gasteiger partial charge in [-0.25, -0.2) is 0 Å². The molecule has 0 heterocycles. The summed E-state index contributed by atoms with van der Waals surface area (Å²) >= 11 is 1.68. The average Bonchev–Trinajstić information content (AvgIpc) is 2.72. The number of methoxy groups -OCH3 is 1. The van der Waals surface area contributed by atoms with Crippen LogP contribution in [0.5, 0.6) is 11.5 Å². The van der Waals surface area contributed by atoms with Crippen molar-refractivity contribution in [2.75, 3.05) is 12.4 Å². The van der Waals surface area contributed by atoms with Gasteiger partial charge in [-0.1, -0.05) is 48.5 Å². The molecule has 0 radical (unpaired) electrons. The summed E-state index contributed by atoms with van der Waals surface area (Å²) < 4.78 is 5.02. The molecule has 3 aromatic carbocycles. The van der Waals surface area contributed by atoms with Gasteiger partial charge in [-0.05, 0) is 41.5 Å². The predicted molar refractivity (Wildman–Crippen MR) is 115 cm³/mol. The third-order valence-electron chi connectivity index (χ3n) is 4.01. The second-order valence-electron chi connectivity index (χ2n) is 6.02. The first kappa shape index (κ1) is 19.6. The molecular weight excluding hydrogens is 370 g/mol. The molecular formula is C23H21NO3S. The van der Waals surface area contributed by atoms with Crippen molar-refractivity contribution >= 4 is 29.4 Å². The fourth-order valence-corrected chi connectivity index (χ4v) is 3.55. The summed E-state index contributed by atoms with van der Waals surface area (Å²) in [6.07, 6.45) is 3.09. The minimum absolute atomic E-state index is 0.0349. The van der Waals surface area contributed by atoms with Gasteiger partial charge < -0.3 is 15.2 Å². The van der Waals surface area contributed by atoms with E-state index in [-0.39, 0.29) is 11.7 Å². The molecule has 1 amide bonds. The molecule has 3 rings (SSSR count). The van der Waals surface area contributed by atoms with E-state index in [9.17, 15) is 9.90 Å². The quantitative estimate of drug-likeness (QED) is 0.421. The molecule has 0 bridgehead atoms. The molecule has 2 N–H and O–H groups in total. The zero-order valence-corrected chi connectivity index (χ0v) is 16.3. The van der Waals surface area contributed by atoms with Crippen molar-refractivity contribution in [1.29, 1.82) is 0 Å². The van der Waals surface area contributed by atoms with Crippen LogP contribution in [0.1, 0.15) is 11.1 Å². The van der Waals surface area contributed by atoms with Crippen LogP contribution in [-0.2, 0) is 10.5 Å². The first-order valence-electron chi connectivity index (χ1n) is 8.77. The molecule has 5 heteroatoms.